The number of aliphatic hydroxyl groups is 1. The van der Waals surface area contributed by atoms with Crippen LogP contribution in [0.3, 0.4) is 0 Å². The van der Waals surface area contributed by atoms with Crippen LogP contribution in [0.25, 0.3) is 0 Å². The smallest absolute Gasteiger partial charge is 0.119 e. The summed E-state index contributed by atoms with van der Waals surface area (Å²) >= 11 is 0. The summed E-state index contributed by atoms with van der Waals surface area (Å²) < 4.78 is 49.1. The fraction of sp³-hybridized carbons (Fsp3) is 0.600. The van der Waals surface area contributed by atoms with Crippen molar-refractivity contribution in [2.45, 2.75) is 32.4 Å². The van der Waals surface area contributed by atoms with E-state index >= 15 is 0 Å². The van der Waals surface area contributed by atoms with Gasteiger partial charge >= 0.3 is 0 Å². The Labute approximate surface area is 122 Å². The van der Waals surface area contributed by atoms with E-state index < -0.39 is 25.2 Å². The van der Waals surface area contributed by atoms with E-state index in [4.69, 9.17) is 16.3 Å². The van der Waals surface area contributed by atoms with E-state index in [1.807, 2.05) is 0 Å². The maximum Gasteiger partial charge on any atom is 0.119 e. The van der Waals surface area contributed by atoms with Gasteiger partial charge in [-0.1, -0.05) is 26.0 Å². The van der Waals surface area contributed by atoms with E-state index in [0.717, 1.165) is 5.56 Å². The van der Waals surface area contributed by atoms with Gasteiger partial charge in [0.25, 0.3) is 0 Å². The lowest BCUT2D eigenvalue weighted by molar-refractivity contribution is 0.104. The summed E-state index contributed by atoms with van der Waals surface area (Å²) in [7, 11) is 1.60. The van der Waals surface area contributed by atoms with Gasteiger partial charge in [0.1, 0.15) is 18.4 Å². The predicted octanol–water partition coefficient (Wildman–Crippen LogP) is 1.61. The molecule has 0 saturated carbocycles. The van der Waals surface area contributed by atoms with Crippen LogP contribution in [0.5, 0.6) is 5.75 Å². The highest BCUT2D eigenvalue weighted by atomic mass is 16.5. The summed E-state index contributed by atoms with van der Waals surface area (Å²) in [5.74, 6) is 0.0900. The number of ether oxygens (including phenoxy) is 2. The van der Waals surface area contributed by atoms with Crippen LogP contribution in [0.4, 0.5) is 0 Å². The maximum atomic E-state index is 10.2. The largest absolute Gasteiger partial charge is 0.491 e. The third-order valence-corrected chi connectivity index (χ3v) is 2.26. The van der Waals surface area contributed by atoms with Gasteiger partial charge < -0.3 is 19.9 Å². The molecular weight excluding hydrogens is 242 g/mol. The van der Waals surface area contributed by atoms with E-state index in [-0.39, 0.29) is 5.75 Å². The van der Waals surface area contributed by atoms with Crippen LogP contribution < -0.4 is 10.1 Å². The van der Waals surface area contributed by atoms with Crippen molar-refractivity contribution >= 4 is 0 Å². The molecule has 1 atom stereocenters. The Morgan fingerprint density at radius 1 is 1.37 bits per heavy atom. The zero-order valence-corrected chi connectivity index (χ0v) is 11.6. The maximum absolute atomic E-state index is 10.2. The molecule has 0 aliphatic carbocycles. The van der Waals surface area contributed by atoms with E-state index in [9.17, 15) is 5.11 Å². The molecule has 1 rings (SSSR count). The van der Waals surface area contributed by atoms with Crippen molar-refractivity contribution in [2.75, 3.05) is 26.8 Å². The van der Waals surface area contributed by atoms with Crippen LogP contribution in [0, 0.1) is 0 Å². The fourth-order valence-electron chi connectivity index (χ4n) is 1.29. The van der Waals surface area contributed by atoms with E-state index in [1.54, 1.807) is 33.1 Å². The van der Waals surface area contributed by atoms with Crippen LogP contribution >= 0.6 is 0 Å². The summed E-state index contributed by atoms with van der Waals surface area (Å²) in [4.78, 5) is 0. The van der Waals surface area contributed by atoms with Gasteiger partial charge in [-0.3, -0.25) is 0 Å². The zero-order valence-electron chi connectivity index (χ0n) is 16.6. The molecule has 4 heteroatoms. The SMILES string of the molecule is [2H]C([2H])(NC(C)C)C([2H])(O)C([2H])([2H])Oc1ccc(CCOC)cc1. The lowest BCUT2D eigenvalue weighted by Crippen LogP contribution is -2.35. The number of hydrogen-bond donors (Lipinski definition) is 2. The Balaban J connectivity index is 2.90. The summed E-state index contributed by atoms with van der Waals surface area (Å²) in [6.45, 7) is -1.89. The molecule has 1 unspecified atom stereocenters. The molecule has 0 spiro atoms. The van der Waals surface area contributed by atoms with Crippen molar-refractivity contribution in [3.8, 4) is 5.75 Å². The molecular formula is C15H25NO3. The molecule has 0 heterocycles. The minimum atomic E-state index is -3.17. The number of hydrogen-bond acceptors (Lipinski definition) is 4. The van der Waals surface area contributed by atoms with Crippen molar-refractivity contribution in [3.63, 3.8) is 0 Å². The van der Waals surface area contributed by atoms with Gasteiger partial charge in [0.2, 0.25) is 0 Å². The molecule has 19 heavy (non-hydrogen) atoms. The number of nitrogens with one attached hydrogen (secondary N) is 1. The first-order chi connectivity index (χ1) is 10.9. The number of benzene rings is 1. The monoisotopic (exact) mass is 272 g/mol. The molecule has 4 nitrogen and oxygen atoms in total. The van der Waals surface area contributed by atoms with E-state index in [0.29, 0.717) is 13.0 Å². The predicted molar refractivity (Wildman–Crippen MR) is 76.7 cm³/mol. The van der Waals surface area contributed by atoms with Gasteiger partial charge in [0.05, 0.1) is 10.7 Å². The van der Waals surface area contributed by atoms with Crippen molar-refractivity contribution in [1.29, 1.82) is 0 Å². The Morgan fingerprint density at radius 3 is 2.63 bits per heavy atom. The second kappa shape index (κ2) is 8.91. The highest BCUT2D eigenvalue weighted by molar-refractivity contribution is 5.27. The van der Waals surface area contributed by atoms with Gasteiger partial charge in [0.15, 0.2) is 0 Å². The molecule has 2 N–H and O–H groups in total. The first kappa shape index (κ1) is 9.75. The van der Waals surface area contributed by atoms with Crippen LogP contribution in [0.2, 0.25) is 0 Å². The fourth-order valence-corrected chi connectivity index (χ4v) is 1.29. The average molecular weight is 272 g/mol. The second-order valence-corrected chi connectivity index (χ2v) is 4.36. The summed E-state index contributed by atoms with van der Waals surface area (Å²) in [6, 6.07) is 6.05. The topological polar surface area (TPSA) is 50.7 Å². The van der Waals surface area contributed by atoms with Crippen molar-refractivity contribution in [3.05, 3.63) is 29.8 Å². The van der Waals surface area contributed by atoms with E-state index in [1.165, 1.54) is 12.1 Å². The molecule has 0 bridgehead atoms. The molecule has 0 aliphatic heterocycles. The molecule has 0 fully saturated rings. The highest BCUT2D eigenvalue weighted by Crippen LogP contribution is 2.12. The molecule has 0 saturated heterocycles. The van der Waals surface area contributed by atoms with Gasteiger partial charge in [-0.15, -0.1) is 0 Å². The second-order valence-electron chi connectivity index (χ2n) is 4.36. The Kier molecular flexibility index (Phi) is 4.57. The zero-order chi connectivity index (χ0) is 18.6. The lowest BCUT2D eigenvalue weighted by Gasteiger charge is -2.15. The molecule has 1 aromatic carbocycles. The quantitative estimate of drug-likeness (QED) is 0.717. The Morgan fingerprint density at radius 2 is 2.05 bits per heavy atom. The summed E-state index contributed by atoms with van der Waals surface area (Å²) in [5, 5.41) is 12.5. The molecule has 0 aromatic heterocycles. The van der Waals surface area contributed by atoms with Gasteiger partial charge in [0, 0.05) is 22.4 Å². The van der Waals surface area contributed by atoms with Crippen LogP contribution in [-0.4, -0.2) is 44.0 Å². The summed E-state index contributed by atoms with van der Waals surface area (Å²) in [6.07, 6.45) is -2.48. The third kappa shape index (κ3) is 7.15. The van der Waals surface area contributed by atoms with Gasteiger partial charge in [-0.05, 0) is 24.1 Å². The molecule has 1 aromatic rings. The molecule has 0 radical (unpaired) electrons. The molecule has 108 valence electrons. The number of methoxy groups -OCH3 is 1. The average Bonchev–Trinajstić information content (AvgIpc) is 2.44. The van der Waals surface area contributed by atoms with E-state index in [2.05, 4.69) is 5.32 Å². The highest BCUT2D eigenvalue weighted by Gasteiger charge is 2.05. The minimum Gasteiger partial charge on any atom is -0.491 e. The van der Waals surface area contributed by atoms with Crippen molar-refractivity contribution < 1.29 is 21.4 Å². The Bertz CT molecular complexity index is 520. The standard InChI is InChI=1S/C15H25NO3/c1-12(2)16-10-14(17)11-19-15-6-4-13(5-7-15)8-9-18-3/h4-7,12,14,16-17H,8-11H2,1-3H3/i10D2,11D2,14D. The first-order valence-electron chi connectivity index (χ1n) is 8.70. The summed E-state index contributed by atoms with van der Waals surface area (Å²) in [5.41, 5.74) is 0.961. The van der Waals surface area contributed by atoms with Crippen LogP contribution in [0.15, 0.2) is 24.3 Å². The molecule has 0 aliphatic rings. The first-order valence-corrected chi connectivity index (χ1v) is 6.20. The van der Waals surface area contributed by atoms with Crippen LogP contribution in [-0.2, 0) is 11.2 Å². The van der Waals surface area contributed by atoms with Gasteiger partial charge in [-0.2, -0.15) is 0 Å². The number of rotatable bonds is 9. The van der Waals surface area contributed by atoms with Gasteiger partial charge in [-0.25, -0.2) is 0 Å². The van der Waals surface area contributed by atoms with Crippen LogP contribution in [0.1, 0.15) is 26.3 Å². The Hall–Kier alpha value is -1.10. The minimum absolute atomic E-state index is 0.0900. The third-order valence-electron chi connectivity index (χ3n) is 2.26. The lowest BCUT2D eigenvalue weighted by atomic mass is 10.1. The molecule has 0 amide bonds. The van der Waals surface area contributed by atoms with Crippen molar-refractivity contribution in [2.24, 2.45) is 0 Å². The van der Waals surface area contributed by atoms with Crippen molar-refractivity contribution in [1.82, 2.24) is 5.32 Å². The normalized spacial score (nSPS) is 19.7.